The number of carbonyl (C=O) groups excluding carboxylic acids is 3. The molecule has 148 valence electrons. The zero-order valence-electron chi connectivity index (χ0n) is 15.1. The molecule has 0 unspecified atom stereocenters. The smallest absolute Gasteiger partial charge is 0.341 e. The number of hydrogen-bond donors (Lipinski definition) is 2. The molecule has 0 atom stereocenters. The summed E-state index contributed by atoms with van der Waals surface area (Å²) in [5, 5.41) is 11.1. The van der Waals surface area contributed by atoms with Crippen LogP contribution in [0.1, 0.15) is 11.1 Å². The SMILES string of the molecule is Cc1ccc(Cl)cc1N1C(=O)NC(=O)C(=Cc2ccc(OCC(=O)O)cc2)C1=O. The topological polar surface area (TPSA) is 113 Å². The van der Waals surface area contributed by atoms with E-state index in [4.69, 9.17) is 21.4 Å². The van der Waals surface area contributed by atoms with E-state index in [9.17, 15) is 19.2 Å². The van der Waals surface area contributed by atoms with Gasteiger partial charge in [-0.3, -0.25) is 14.9 Å². The molecule has 0 bridgehead atoms. The van der Waals surface area contributed by atoms with Crippen LogP contribution in [-0.4, -0.2) is 35.5 Å². The molecule has 29 heavy (non-hydrogen) atoms. The second kappa shape index (κ2) is 8.15. The summed E-state index contributed by atoms with van der Waals surface area (Å²) in [6, 6.07) is 10.0. The fraction of sp³-hybridized carbons (Fsp3) is 0.100. The lowest BCUT2D eigenvalue weighted by Crippen LogP contribution is -2.54. The Bertz CT molecular complexity index is 1050. The number of carbonyl (C=O) groups is 4. The molecule has 9 heteroatoms. The molecule has 0 saturated carbocycles. The minimum Gasteiger partial charge on any atom is -0.482 e. The minimum absolute atomic E-state index is 0.233. The third-order valence-electron chi connectivity index (χ3n) is 4.07. The van der Waals surface area contributed by atoms with Gasteiger partial charge in [-0.25, -0.2) is 14.5 Å². The van der Waals surface area contributed by atoms with E-state index in [-0.39, 0.29) is 11.3 Å². The molecule has 4 amide bonds. The predicted molar refractivity (Wildman–Crippen MR) is 105 cm³/mol. The van der Waals surface area contributed by atoms with Crippen molar-refractivity contribution in [3.05, 3.63) is 64.2 Å². The highest BCUT2D eigenvalue weighted by Gasteiger charge is 2.37. The molecule has 1 aliphatic rings. The number of rotatable bonds is 5. The first kappa shape index (κ1) is 20.1. The number of nitrogens with one attached hydrogen (secondary N) is 1. The molecule has 1 heterocycles. The van der Waals surface area contributed by atoms with Crippen LogP contribution < -0.4 is 15.0 Å². The number of amides is 4. The van der Waals surface area contributed by atoms with E-state index in [1.54, 1.807) is 31.2 Å². The van der Waals surface area contributed by atoms with Crippen LogP contribution in [0.2, 0.25) is 5.02 Å². The van der Waals surface area contributed by atoms with Gasteiger partial charge >= 0.3 is 12.0 Å². The van der Waals surface area contributed by atoms with Gasteiger partial charge in [-0.2, -0.15) is 0 Å². The van der Waals surface area contributed by atoms with Gasteiger partial charge in [0, 0.05) is 5.02 Å². The minimum atomic E-state index is -1.11. The third-order valence-corrected chi connectivity index (χ3v) is 4.30. The zero-order chi connectivity index (χ0) is 21.1. The molecule has 0 aromatic heterocycles. The second-order valence-corrected chi connectivity index (χ2v) is 6.58. The summed E-state index contributed by atoms with van der Waals surface area (Å²) in [5.74, 6) is -2.39. The number of benzene rings is 2. The summed E-state index contributed by atoms with van der Waals surface area (Å²) in [4.78, 5) is 48.8. The highest BCUT2D eigenvalue weighted by Crippen LogP contribution is 2.28. The van der Waals surface area contributed by atoms with Crippen molar-refractivity contribution < 1.29 is 29.0 Å². The number of aliphatic carboxylic acids is 1. The van der Waals surface area contributed by atoms with E-state index in [0.29, 0.717) is 21.9 Å². The summed E-state index contributed by atoms with van der Waals surface area (Å²) < 4.78 is 5.04. The number of anilines is 1. The van der Waals surface area contributed by atoms with Crippen molar-refractivity contribution in [2.75, 3.05) is 11.5 Å². The van der Waals surface area contributed by atoms with Crippen LogP contribution in [0.25, 0.3) is 6.08 Å². The van der Waals surface area contributed by atoms with E-state index in [0.717, 1.165) is 4.90 Å². The highest BCUT2D eigenvalue weighted by atomic mass is 35.5. The fourth-order valence-electron chi connectivity index (χ4n) is 2.67. The van der Waals surface area contributed by atoms with E-state index in [1.165, 1.54) is 24.3 Å². The Balaban J connectivity index is 1.91. The van der Waals surface area contributed by atoms with Gasteiger partial charge in [0.1, 0.15) is 11.3 Å². The lowest BCUT2D eigenvalue weighted by molar-refractivity contribution is -0.139. The number of ether oxygens (including phenoxy) is 1. The molecule has 2 N–H and O–H groups in total. The molecule has 2 aromatic rings. The average molecular weight is 415 g/mol. The number of aryl methyl sites for hydroxylation is 1. The summed E-state index contributed by atoms with van der Waals surface area (Å²) in [7, 11) is 0. The number of urea groups is 1. The van der Waals surface area contributed by atoms with E-state index in [1.807, 2.05) is 0 Å². The molecular weight excluding hydrogens is 400 g/mol. The third kappa shape index (κ3) is 4.44. The van der Waals surface area contributed by atoms with Crippen LogP contribution in [-0.2, 0) is 14.4 Å². The quantitative estimate of drug-likeness (QED) is 0.574. The summed E-state index contributed by atoms with van der Waals surface area (Å²) >= 11 is 5.99. The van der Waals surface area contributed by atoms with Crippen LogP contribution >= 0.6 is 11.6 Å². The molecule has 1 aliphatic heterocycles. The first-order chi connectivity index (χ1) is 13.8. The molecule has 8 nitrogen and oxygen atoms in total. The maximum atomic E-state index is 12.9. The molecule has 0 radical (unpaired) electrons. The van der Waals surface area contributed by atoms with Crippen molar-refractivity contribution in [2.45, 2.75) is 6.92 Å². The first-order valence-corrected chi connectivity index (χ1v) is 8.76. The van der Waals surface area contributed by atoms with Crippen molar-refractivity contribution in [3.8, 4) is 5.75 Å². The Morgan fingerprint density at radius 3 is 2.52 bits per heavy atom. The lowest BCUT2D eigenvalue weighted by Gasteiger charge is -2.27. The Labute approximate surface area is 170 Å². The first-order valence-electron chi connectivity index (χ1n) is 8.38. The summed E-state index contributed by atoms with van der Waals surface area (Å²) in [6.45, 7) is 1.22. The second-order valence-electron chi connectivity index (χ2n) is 6.14. The lowest BCUT2D eigenvalue weighted by atomic mass is 10.1. The number of halogens is 1. The summed E-state index contributed by atoms with van der Waals surface area (Å²) in [6.07, 6.45) is 1.33. The van der Waals surface area contributed by atoms with Crippen LogP contribution in [0, 0.1) is 6.92 Å². The number of nitrogens with zero attached hydrogens (tertiary/aromatic N) is 1. The van der Waals surface area contributed by atoms with Crippen molar-refractivity contribution in [1.82, 2.24) is 5.32 Å². The monoisotopic (exact) mass is 414 g/mol. The molecule has 1 fully saturated rings. The number of barbiturate groups is 1. The number of carboxylic acids is 1. The van der Waals surface area contributed by atoms with Gasteiger partial charge in [-0.05, 0) is 48.4 Å². The number of imide groups is 2. The largest absolute Gasteiger partial charge is 0.482 e. The van der Waals surface area contributed by atoms with Crippen LogP contribution in [0.3, 0.4) is 0 Å². The van der Waals surface area contributed by atoms with Crippen molar-refractivity contribution in [2.24, 2.45) is 0 Å². The number of carboxylic acid groups (broad SMARTS) is 1. The van der Waals surface area contributed by atoms with Gasteiger partial charge < -0.3 is 9.84 Å². The van der Waals surface area contributed by atoms with Crippen molar-refractivity contribution in [1.29, 1.82) is 0 Å². The normalized spacial score (nSPS) is 15.4. The van der Waals surface area contributed by atoms with Crippen molar-refractivity contribution >= 4 is 47.2 Å². The van der Waals surface area contributed by atoms with Gasteiger partial charge in [0.05, 0.1) is 5.69 Å². The molecule has 0 aliphatic carbocycles. The Hall–Kier alpha value is -3.65. The molecule has 0 spiro atoms. The maximum Gasteiger partial charge on any atom is 0.341 e. The van der Waals surface area contributed by atoms with Gasteiger partial charge in [-0.1, -0.05) is 29.8 Å². The van der Waals surface area contributed by atoms with Gasteiger partial charge in [0.15, 0.2) is 6.61 Å². The van der Waals surface area contributed by atoms with Gasteiger partial charge in [0.25, 0.3) is 11.8 Å². The standard InChI is InChI=1S/C20H15ClN2O6/c1-11-2-5-13(21)9-16(11)23-19(27)15(18(26)22-20(23)28)8-12-3-6-14(7-4-12)29-10-17(24)25/h2-9H,10H2,1H3,(H,24,25)(H,22,26,28). The zero-order valence-corrected chi connectivity index (χ0v) is 15.9. The van der Waals surface area contributed by atoms with Crippen molar-refractivity contribution in [3.63, 3.8) is 0 Å². The van der Waals surface area contributed by atoms with Gasteiger partial charge in [0.2, 0.25) is 0 Å². The molecular formula is C20H15ClN2O6. The Morgan fingerprint density at radius 1 is 1.17 bits per heavy atom. The fourth-order valence-corrected chi connectivity index (χ4v) is 2.84. The van der Waals surface area contributed by atoms with E-state index >= 15 is 0 Å². The molecule has 3 rings (SSSR count). The maximum absolute atomic E-state index is 12.9. The highest BCUT2D eigenvalue weighted by molar-refractivity contribution is 6.39. The van der Waals surface area contributed by atoms with Crippen LogP contribution in [0.5, 0.6) is 5.75 Å². The predicted octanol–water partition coefficient (Wildman–Crippen LogP) is 2.78. The molecule has 1 saturated heterocycles. The Kier molecular flexibility index (Phi) is 5.65. The molecule has 2 aromatic carbocycles. The summed E-state index contributed by atoms with van der Waals surface area (Å²) in [5.41, 5.74) is 1.16. The van der Waals surface area contributed by atoms with Crippen LogP contribution in [0.4, 0.5) is 10.5 Å². The van der Waals surface area contributed by atoms with Gasteiger partial charge in [-0.15, -0.1) is 0 Å². The van der Waals surface area contributed by atoms with Crippen LogP contribution in [0.15, 0.2) is 48.0 Å². The number of hydrogen-bond acceptors (Lipinski definition) is 5. The van der Waals surface area contributed by atoms with E-state index < -0.39 is 30.4 Å². The average Bonchev–Trinajstić information content (AvgIpc) is 2.67. The Morgan fingerprint density at radius 2 is 1.86 bits per heavy atom. The van der Waals surface area contributed by atoms with E-state index in [2.05, 4.69) is 5.32 Å².